The van der Waals surface area contributed by atoms with Crippen LogP contribution in [0, 0.1) is 0 Å². The van der Waals surface area contributed by atoms with E-state index in [2.05, 4.69) is 19.2 Å². The van der Waals surface area contributed by atoms with Crippen LogP contribution in [0.25, 0.3) is 0 Å². The van der Waals surface area contributed by atoms with E-state index in [1.54, 1.807) is 7.11 Å². The maximum atomic E-state index is 5.86. The minimum absolute atomic E-state index is 0.368. The van der Waals surface area contributed by atoms with Crippen LogP contribution >= 0.6 is 11.6 Å². The van der Waals surface area contributed by atoms with E-state index in [-0.39, 0.29) is 0 Å². The monoisotopic (exact) mass is 199 g/mol. The fourth-order valence-corrected chi connectivity index (χ4v) is 1.28. The molecule has 1 aromatic carbocycles. The summed E-state index contributed by atoms with van der Waals surface area (Å²) in [6.45, 7) is 4.14. The SMILES string of the molecule is COc1ccc(Cl)cc1NC(C)C. The predicted molar refractivity (Wildman–Crippen MR) is 56.8 cm³/mol. The average molecular weight is 200 g/mol. The van der Waals surface area contributed by atoms with Crippen LogP contribution in [0.1, 0.15) is 13.8 Å². The number of halogens is 1. The van der Waals surface area contributed by atoms with Crippen molar-refractivity contribution in [2.24, 2.45) is 0 Å². The van der Waals surface area contributed by atoms with Gasteiger partial charge < -0.3 is 10.1 Å². The standard InChI is InChI=1S/C10H14ClNO/c1-7(2)12-9-6-8(11)4-5-10(9)13-3/h4-7,12H,1-3H3. The van der Waals surface area contributed by atoms with E-state index < -0.39 is 0 Å². The third kappa shape index (κ3) is 2.81. The second kappa shape index (κ2) is 4.38. The van der Waals surface area contributed by atoms with Crippen molar-refractivity contribution in [2.75, 3.05) is 12.4 Å². The molecule has 3 heteroatoms. The lowest BCUT2D eigenvalue weighted by Gasteiger charge is -2.13. The van der Waals surface area contributed by atoms with Gasteiger partial charge in [-0.15, -0.1) is 0 Å². The molecule has 0 atom stereocenters. The Balaban J connectivity index is 2.94. The fourth-order valence-electron chi connectivity index (χ4n) is 1.10. The van der Waals surface area contributed by atoms with Crippen molar-refractivity contribution in [3.63, 3.8) is 0 Å². The van der Waals surface area contributed by atoms with Gasteiger partial charge in [-0.25, -0.2) is 0 Å². The van der Waals surface area contributed by atoms with Crippen molar-refractivity contribution < 1.29 is 4.74 Å². The minimum atomic E-state index is 0.368. The summed E-state index contributed by atoms with van der Waals surface area (Å²) >= 11 is 5.86. The molecule has 0 bridgehead atoms. The Morgan fingerprint density at radius 2 is 2.08 bits per heavy atom. The third-order valence-electron chi connectivity index (χ3n) is 1.61. The molecule has 0 radical (unpaired) electrons. The molecular formula is C10H14ClNO. The molecule has 0 spiro atoms. The second-order valence-electron chi connectivity index (χ2n) is 3.14. The third-order valence-corrected chi connectivity index (χ3v) is 1.84. The fraction of sp³-hybridized carbons (Fsp3) is 0.400. The zero-order valence-corrected chi connectivity index (χ0v) is 8.85. The van der Waals surface area contributed by atoms with Gasteiger partial charge in [0.25, 0.3) is 0 Å². The van der Waals surface area contributed by atoms with Crippen LogP contribution in [0.5, 0.6) is 5.75 Å². The van der Waals surface area contributed by atoms with Crippen LogP contribution in [-0.4, -0.2) is 13.2 Å². The van der Waals surface area contributed by atoms with Crippen molar-refractivity contribution in [2.45, 2.75) is 19.9 Å². The number of methoxy groups -OCH3 is 1. The first kappa shape index (κ1) is 10.2. The molecular weight excluding hydrogens is 186 g/mol. The van der Waals surface area contributed by atoms with Crippen LogP contribution < -0.4 is 10.1 Å². The van der Waals surface area contributed by atoms with E-state index in [1.165, 1.54) is 0 Å². The molecule has 2 nitrogen and oxygen atoms in total. The largest absolute Gasteiger partial charge is 0.495 e. The molecule has 1 N–H and O–H groups in total. The summed E-state index contributed by atoms with van der Waals surface area (Å²) in [5.74, 6) is 0.818. The molecule has 0 unspecified atom stereocenters. The highest BCUT2D eigenvalue weighted by atomic mass is 35.5. The molecule has 0 saturated carbocycles. The lowest BCUT2D eigenvalue weighted by molar-refractivity contribution is 0.416. The van der Waals surface area contributed by atoms with Crippen molar-refractivity contribution in [1.29, 1.82) is 0 Å². The van der Waals surface area contributed by atoms with Crippen LogP contribution in [0.4, 0.5) is 5.69 Å². The van der Waals surface area contributed by atoms with Crippen LogP contribution in [0.3, 0.4) is 0 Å². The number of ether oxygens (including phenoxy) is 1. The van der Waals surface area contributed by atoms with Crippen molar-refractivity contribution in [3.8, 4) is 5.75 Å². The summed E-state index contributed by atoms with van der Waals surface area (Å²) in [6.07, 6.45) is 0. The maximum absolute atomic E-state index is 5.86. The first-order valence-electron chi connectivity index (χ1n) is 4.23. The van der Waals surface area contributed by atoms with Crippen molar-refractivity contribution >= 4 is 17.3 Å². The van der Waals surface area contributed by atoms with Crippen LogP contribution in [-0.2, 0) is 0 Å². The molecule has 0 aromatic heterocycles. The van der Waals surface area contributed by atoms with E-state index in [1.807, 2.05) is 18.2 Å². The summed E-state index contributed by atoms with van der Waals surface area (Å²) < 4.78 is 5.18. The Morgan fingerprint density at radius 3 is 2.62 bits per heavy atom. The number of rotatable bonds is 3. The van der Waals surface area contributed by atoms with E-state index in [0.29, 0.717) is 11.1 Å². The quantitative estimate of drug-likeness (QED) is 0.808. The molecule has 0 heterocycles. The molecule has 1 aromatic rings. The predicted octanol–water partition coefficient (Wildman–Crippen LogP) is 3.17. The summed E-state index contributed by atoms with van der Waals surface area (Å²) in [5.41, 5.74) is 0.935. The topological polar surface area (TPSA) is 21.3 Å². The number of nitrogens with one attached hydrogen (secondary N) is 1. The Bertz CT molecular complexity index is 286. The van der Waals surface area contributed by atoms with Gasteiger partial charge in [0, 0.05) is 11.1 Å². The zero-order valence-electron chi connectivity index (χ0n) is 8.10. The zero-order chi connectivity index (χ0) is 9.84. The van der Waals surface area contributed by atoms with Gasteiger partial charge in [0.05, 0.1) is 12.8 Å². The second-order valence-corrected chi connectivity index (χ2v) is 3.58. The molecule has 0 fully saturated rings. The molecule has 0 aliphatic carbocycles. The van der Waals surface area contributed by atoms with Gasteiger partial charge in [-0.05, 0) is 32.0 Å². The van der Waals surface area contributed by atoms with Gasteiger partial charge in [0.15, 0.2) is 0 Å². The van der Waals surface area contributed by atoms with Crippen LogP contribution in [0.15, 0.2) is 18.2 Å². The average Bonchev–Trinajstić information content (AvgIpc) is 2.03. The Kier molecular flexibility index (Phi) is 3.43. The van der Waals surface area contributed by atoms with Gasteiger partial charge >= 0.3 is 0 Å². The van der Waals surface area contributed by atoms with Gasteiger partial charge in [0.1, 0.15) is 5.75 Å². The number of benzene rings is 1. The summed E-state index contributed by atoms with van der Waals surface area (Å²) in [7, 11) is 1.65. The van der Waals surface area contributed by atoms with Gasteiger partial charge in [-0.2, -0.15) is 0 Å². The van der Waals surface area contributed by atoms with Crippen LogP contribution in [0.2, 0.25) is 5.02 Å². The first-order chi connectivity index (χ1) is 6.13. The Hall–Kier alpha value is -0.890. The number of hydrogen-bond donors (Lipinski definition) is 1. The van der Waals surface area contributed by atoms with Gasteiger partial charge in [-0.3, -0.25) is 0 Å². The van der Waals surface area contributed by atoms with Crippen molar-refractivity contribution in [3.05, 3.63) is 23.2 Å². The first-order valence-corrected chi connectivity index (χ1v) is 4.61. The van der Waals surface area contributed by atoms with E-state index in [4.69, 9.17) is 16.3 Å². The normalized spacial score (nSPS) is 10.2. The summed E-state index contributed by atoms with van der Waals surface area (Å²) in [6, 6.07) is 5.90. The van der Waals surface area contributed by atoms with E-state index >= 15 is 0 Å². The van der Waals surface area contributed by atoms with Gasteiger partial charge in [-0.1, -0.05) is 11.6 Å². The molecule has 1 rings (SSSR count). The molecule has 13 heavy (non-hydrogen) atoms. The summed E-state index contributed by atoms with van der Waals surface area (Å²) in [4.78, 5) is 0. The van der Waals surface area contributed by atoms with Gasteiger partial charge in [0.2, 0.25) is 0 Å². The molecule has 0 aliphatic rings. The smallest absolute Gasteiger partial charge is 0.142 e. The number of anilines is 1. The molecule has 0 saturated heterocycles. The highest BCUT2D eigenvalue weighted by molar-refractivity contribution is 6.30. The highest BCUT2D eigenvalue weighted by Gasteiger charge is 2.03. The summed E-state index contributed by atoms with van der Waals surface area (Å²) in [5, 5.41) is 3.97. The Morgan fingerprint density at radius 1 is 1.38 bits per heavy atom. The van der Waals surface area contributed by atoms with E-state index in [0.717, 1.165) is 11.4 Å². The highest BCUT2D eigenvalue weighted by Crippen LogP contribution is 2.27. The van der Waals surface area contributed by atoms with E-state index in [9.17, 15) is 0 Å². The maximum Gasteiger partial charge on any atom is 0.142 e. The molecule has 0 amide bonds. The molecule has 0 aliphatic heterocycles. The lowest BCUT2D eigenvalue weighted by atomic mass is 10.2. The number of hydrogen-bond acceptors (Lipinski definition) is 2. The van der Waals surface area contributed by atoms with Crippen molar-refractivity contribution in [1.82, 2.24) is 0 Å². The Labute approximate surface area is 83.9 Å². The minimum Gasteiger partial charge on any atom is -0.495 e. The lowest BCUT2D eigenvalue weighted by Crippen LogP contribution is -2.10. The molecule has 72 valence electrons.